The van der Waals surface area contributed by atoms with Gasteiger partial charge in [-0.1, -0.05) is 35.6 Å². The van der Waals surface area contributed by atoms with E-state index in [4.69, 9.17) is 0 Å². The fourth-order valence-corrected chi connectivity index (χ4v) is 4.41. The van der Waals surface area contributed by atoms with Gasteiger partial charge in [-0.2, -0.15) is 4.99 Å². The maximum Gasteiger partial charge on any atom is 0.249 e. The second-order valence-electron chi connectivity index (χ2n) is 5.44. The van der Waals surface area contributed by atoms with Crippen LogP contribution in [0.2, 0.25) is 0 Å². The Kier molecular flexibility index (Phi) is 6.00. The fraction of sp³-hybridized carbons (Fsp3) is 0.158. The number of thioether (sulfide) groups is 1. The van der Waals surface area contributed by atoms with Gasteiger partial charge >= 0.3 is 0 Å². The minimum absolute atomic E-state index is 0.238. The topological polar surface area (TPSA) is 34.4 Å². The highest BCUT2D eigenvalue weighted by molar-refractivity contribution is 7.99. The number of hydrogen-bond donors (Lipinski definition) is 0. The van der Waals surface area contributed by atoms with E-state index in [0.717, 1.165) is 22.3 Å². The first kappa shape index (κ1) is 18.5. The van der Waals surface area contributed by atoms with Crippen molar-refractivity contribution in [2.24, 2.45) is 4.99 Å². The van der Waals surface area contributed by atoms with Gasteiger partial charge in [0.1, 0.15) is 5.82 Å². The quantitative estimate of drug-likeness (QED) is 0.449. The molecule has 0 fully saturated rings. The summed E-state index contributed by atoms with van der Waals surface area (Å²) in [7, 11) is 0. The van der Waals surface area contributed by atoms with Gasteiger partial charge in [-0.3, -0.25) is 4.79 Å². The normalized spacial score (nSPS) is 11.8. The van der Waals surface area contributed by atoms with Crippen molar-refractivity contribution in [1.82, 2.24) is 4.57 Å². The Morgan fingerprint density at radius 1 is 1.27 bits per heavy atom. The molecule has 3 rings (SSSR count). The Balaban J connectivity index is 1.83. The highest BCUT2D eigenvalue weighted by atomic mass is 32.2. The maximum atomic E-state index is 14.2. The lowest BCUT2D eigenvalue weighted by Crippen LogP contribution is -2.17. The molecule has 0 bridgehead atoms. The van der Waals surface area contributed by atoms with Crippen LogP contribution in [0.4, 0.5) is 8.78 Å². The molecule has 0 spiro atoms. The molecular formula is C19H16F2N2OS2. The number of carbonyl (C=O) groups is 1. The molecule has 1 heterocycles. The zero-order chi connectivity index (χ0) is 18.5. The van der Waals surface area contributed by atoms with Crippen LogP contribution in [0.1, 0.15) is 6.42 Å². The van der Waals surface area contributed by atoms with Gasteiger partial charge in [0.2, 0.25) is 5.91 Å². The van der Waals surface area contributed by atoms with Crippen LogP contribution in [0.3, 0.4) is 0 Å². The van der Waals surface area contributed by atoms with Crippen LogP contribution in [-0.4, -0.2) is 16.2 Å². The molecule has 26 heavy (non-hydrogen) atoms. The molecule has 1 aromatic heterocycles. The van der Waals surface area contributed by atoms with E-state index < -0.39 is 11.6 Å². The van der Waals surface area contributed by atoms with E-state index in [0.29, 0.717) is 15.3 Å². The van der Waals surface area contributed by atoms with Crippen LogP contribution in [0.15, 0.2) is 65.0 Å². The van der Waals surface area contributed by atoms with E-state index >= 15 is 0 Å². The highest BCUT2D eigenvalue weighted by Gasteiger charge is 2.13. The zero-order valence-corrected chi connectivity index (χ0v) is 15.5. The summed E-state index contributed by atoms with van der Waals surface area (Å²) >= 11 is 2.66. The van der Waals surface area contributed by atoms with Gasteiger partial charge in [0, 0.05) is 29.7 Å². The number of hydrogen-bond acceptors (Lipinski definition) is 3. The Hall–Kier alpha value is -2.25. The fourth-order valence-electron chi connectivity index (χ4n) is 2.45. The lowest BCUT2D eigenvalue weighted by Gasteiger charge is -2.02. The van der Waals surface area contributed by atoms with E-state index in [1.165, 1.54) is 6.07 Å². The molecule has 0 unspecified atom stereocenters. The van der Waals surface area contributed by atoms with Crippen LogP contribution >= 0.6 is 23.1 Å². The summed E-state index contributed by atoms with van der Waals surface area (Å²) in [4.78, 5) is 17.7. The summed E-state index contributed by atoms with van der Waals surface area (Å²) in [5.74, 6) is -1.02. The number of amides is 1. The third-order valence-corrected chi connectivity index (χ3v) is 5.59. The molecule has 3 aromatic rings. The predicted molar refractivity (Wildman–Crippen MR) is 102 cm³/mol. The molecule has 0 aliphatic rings. The van der Waals surface area contributed by atoms with E-state index in [1.807, 2.05) is 30.3 Å². The first-order valence-electron chi connectivity index (χ1n) is 7.93. The van der Waals surface area contributed by atoms with Crippen LogP contribution in [-0.2, 0) is 11.3 Å². The Labute approximate surface area is 157 Å². The highest BCUT2D eigenvalue weighted by Crippen LogP contribution is 2.22. The van der Waals surface area contributed by atoms with Gasteiger partial charge in [0.15, 0.2) is 10.6 Å². The molecule has 3 nitrogen and oxygen atoms in total. The summed E-state index contributed by atoms with van der Waals surface area (Å²) in [6.45, 7) is 3.94. The number of carbonyl (C=O) groups excluding carboxylic acids is 1. The Morgan fingerprint density at radius 3 is 2.77 bits per heavy atom. The summed E-state index contributed by atoms with van der Waals surface area (Å²) in [5.41, 5.74) is 0.238. The van der Waals surface area contributed by atoms with Gasteiger partial charge < -0.3 is 4.57 Å². The van der Waals surface area contributed by atoms with Crippen LogP contribution < -0.4 is 4.80 Å². The van der Waals surface area contributed by atoms with Crippen LogP contribution in [0.5, 0.6) is 0 Å². The molecule has 0 radical (unpaired) electrons. The van der Waals surface area contributed by atoms with E-state index in [2.05, 4.69) is 11.6 Å². The lowest BCUT2D eigenvalue weighted by molar-refractivity contribution is -0.117. The van der Waals surface area contributed by atoms with Gasteiger partial charge in [-0.15, -0.1) is 18.3 Å². The van der Waals surface area contributed by atoms with E-state index in [1.54, 1.807) is 22.4 Å². The first-order valence-corrected chi connectivity index (χ1v) is 9.73. The minimum Gasteiger partial charge on any atom is -0.310 e. The summed E-state index contributed by atoms with van der Waals surface area (Å²) in [6.07, 6.45) is 1.85. The number of benzene rings is 2. The van der Waals surface area contributed by atoms with Gasteiger partial charge in [0.05, 0.1) is 10.2 Å². The molecular weight excluding hydrogens is 374 g/mol. The lowest BCUT2D eigenvalue weighted by atomic mass is 10.3. The molecule has 7 heteroatoms. The number of thiazole rings is 1. The molecule has 134 valence electrons. The van der Waals surface area contributed by atoms with Crippen molar-refractivity contribution in [3.8, 4) is 0 Å². The largest absolute Gasteiger partial charge is 0.310 e. The Bertz CT molecular complexity index is 1010. The molecule has 0 N–H and O–H groups in total. The second-order valence-corrected chi connectivity index (χ2v) is 7.61. The number of rotatable bonds is 6. The zero-order valence-electron chi connectivity index (χ0n) is 13.8. The number of halogens is 2. The average molecular weight is 390 g/mol. The van der Waals surface area contributed by atoms with Crippen molar-refractivity contribution in [2.45, 2.75) is 17.9 Å². The van der Waals surface area contributed by atoms with Gasteiger partial charge in [-0.05, 0) is 18.2 Å². The second kappa shape index (κ2) is 8.42. The van der Waals surface area contributed by atoms with Crippen LogP contribution in [0, 0.1) is 11.6 Å². The van der Waals surface area contributed by atoms with Crippen LogP contribution in [0.25, 0.3) is 10.2 Å². The molecule has 2 aromatic carbocycles. The SMILES string of the molecule is C=CCn1c(=NC(=O)CCSc2ccccc2)sc2cc(F)cc(F)c21. The number of aromatic nitrogens is 1. The molecule has 0 aliphatic heterocycles. The number of allylic oxidation sites excluding steroid dienone is 1. The van der Waals surface area contributed by atoms with Crippen molar-refractivity contribution in [2.75, 3.05) is 5.75 Å². The van der Waals surface area contributed by atoms with Crippen molar-refractivity contribution < 1.29 is 13.6 Å². The molecule has 0 atom stereocenters. The standard InChI is InChI=1S/C19H16F2N2OS2/c1-2-9-23-18-15(21)11-13(20)12-16(18)26-19(23)22-17(24)8-10-25-14-6-4-3-5-7-14/h2-7,11-12H,1,8-10H2. The summed E-state index contributed by atoms with van der Waals surface area (Å²) in [6, 6.07) is 11.9. The monoisotopic (exact) mass is 390 g/mol. The summed E-state index contributed by atoms with van der Waals surface area (Å²) < 4.78 is 29.6. The minimum atomic E-state index is -0.674. The van der Waals surface area contributed by atoms with Crippen molar-refractivity contribution >= 4 is 39.2 Å². The average Bonchev–Trinajstić information content (AvgIpc) is 2.93. The Morgan fingerprint density at radius 2 is 2.04 bits per heavy atom. The molecule has 0 saturated heterocycles. The van der Waals surface area contributed by atoms with Gasteiger partial charge in [-0.25, -0.2) is 8.78 Å². The smallest absolute Gasteiger partial charge is 0.249 e. The van der Waals surface area contributed by atoms with E-state index in [9.17, 15) is 13.6 Å². The van der Waals surface area contributed by atoms with Gasteiger partial charge in [0.25, 0.3) is 0 Å². The first-order chi connectivity index (χ1) is 12.6. The third kappa shape index (κ3) is 4.28. The molecule has 1 amide bonds. The predicted octanol–water partition coefficient (Wildman–Crippen LogP) is 4.78. The molecule has 0 aliphatic carbocycles. The third-order valence-electron chi connectivity index (χ3n) is 3.56. The molecule has 0 saturated carbocycles. The van der Waals surface area contributed by atoms with E-state index in [-0.39, 0.29) is 24.4 Å². The van der Waals surface area contributed by atoms with Crippen molar-refractivity contribution in [3.05, 3.63) is 71.6 Å². The van der Waals surface area contributed by atoms with Crippen molar-refractivity contribution in [3.63, 3.8) is 0 Å². The summed E-state index contributed by atoms with van der Waals surface area (Å²) in [5, 5.41) is 0. The maximum absolute atomic E-state index is 14.2. The number of nitrogens with zero attached hydrogens (tertiary/aromatic N) is 2. The van der Waals surface area contributed by atoms with Crippen molar-refractivity contribution in [1.29, 1.82) is 0 Å². The number of fused-ring (bicyclic) bond motifs is 1.